The van der Waals surface area contributed by atoms with E-state index in [-0.39, 0.29) is 6.61 Å². The zero-order chi connectivity index (χ0) is 10.8. The van der Waals surface area contributed by atoms with Crippen molar-refractivity contribution in [3.05, 3.63) is 28.2 Å². The van der Waals surface area contributed by atoms with Crippen LogP contribution in [0.25, 0.3) is 0 Å². The largest absolute Gasteiger partial charge is 0.489 e. The van der Waals surface area contributed by atoms with Gasteiger partial charge in [0, 0.05) is 0 Å². The predicted octanol–water partition coefficient (Wildman–Crippen LogP) is 3.12. The molecule has 1 saturated carbocycles. The summed E-state index contributed by atoms with van der Waals surface area (Å²) in [4.78, 5) is 0. The van der Waals surface area contributed by atoms with E-state index in [4.69, 9.17) is 9.84 Å². The second-order valence-corrected chi connectivity index (χ2v) is 4.94. The number of hydrogen-bond donors (Lipinski definition) is 1. The third-order valence-electron chi connectivity index (χ3n) is 2.78. The molecule has 0 radical (unpaired) electrons. The van der Waals surface area contributed by atoms with Crippen LogP contribution in [0.15, 0.2) is 22.7 Å². The van der Waals surface area contributed by atoms with Crippen molar-refractivity contribution in [1.29, 1.82) is 0 Å². The highest BCUT2D eigenvalue weighted by Gasteiger charge is 2.29. The fraction of sp³-hybridized carbons (Fsp3) is 0.500. The minimum atomic E-state index is 0.0665. The van der Waals surface area contributed by atoms with E-state index in [1.165, 1.54) is 12.8 Å². The first-order valence-corrected chi connectivity index (χ1v) is 6.06. The second-order valence-electron chi connectivity index (χ2n) is 4.08. The quantitative estimate of drug-likeness (QED) is 0.911. The summed E-state index contributed by atoms with van der Waals surface area (Å²) in [5.74, 6) is 1.60. The third-order valence-corrected chi connectivity index (χ3v) is 3.40. The summed E-state index contributed by atoms with van der Waals surface area (Å²) >= 11 is 3.45. The molecular formula is C12H15BrO2. The van der Waals surface area contributed by atoms with Gasteiger partial charge in [-0.1, -0.05) is 6.07 Å². The number of hydrogen-bond acceptors (Lipinski definition) is 2. The first-order chi connectivity index (χ1) is 7.20. The molecule has 0 aliphatic heterocycles. The van der Waals surface area contributed by atoms with Crippen molar-refractivity contribution < 1.29 is 9.84 Å². The van der Waals surface area contributed by atoms with Crippen molar-refractivity contribution in [3.63, 3.8) is 0 Å². The normalized spacial score (nSPS) is 17.5. The van der Waals surface area contributed by atoms with Gasteiger partial charge in [0.2, 0.25) is 0 Å². The Morgan fingerprint density at radius 1 is 1.53 bits per heavy atom. The standard InChI is InChI=1S/C12H15BrO2/c1-8(10-3-4-10)15-12-5-2-9(7-14)6-11(12)13/h2,5-6,8,10,14H,3-4,7H2,1H3. The lowest BCUT2D eigenvalue weighted by Gasteiger charge is -2.15. The Labute approximate surface area is 98.4 Å². The van der Waals surface area contributed by atoms with Gasteiger partial charge in [-0.2, -0.15) is 0 Å². The Kier molecular flexibility index (Phi) is 3.32. The van der Waals surface area contributed by atoms with Crippen LogP contribution >= 0.6 is 15.9 Å². The van der Waals surface area contributed by atoms with Crippen molar-refractivity contribution in [1.82, 2.24) is 0 Å². The van der Waals surface area contributed by atoms with Gasteiger partial charge in [0.05, 0.1) is 17.2 Å². The van der Waals surface area contributed by atoms with Crippen molar-refractivity contribution in [2.75, 3.05) is 0 Å². The fourth-order valence-electron chi connectivity index (χ4n) is 1.60. The Hall–Kier alpha value is -0.540. The van der Waals surface area contributed by atoms with E-state index in [1.807, 2.05) is 18.2 Å². The Morgan fingerprint density at radius 3 is 2.80 bits per heavy atom. The maximum Gasteiger partial charge on any atom is 0.133 e. The Bertz CT molecular complexity index is 347. The smallest absolute Gasteiger partial charge is 0.133 e. The van der Waals surface area contributed by atoms with Gasteiger partial charge < -0.3 is 9.84 Å². The molecule has 1 aliphatic carbocycles. The van der Waals surface area contributed by atoms with E-state index in [2.05, 4.69) is 22.9 Å². The van der Waals surface area contributed by atoms with Crippen LogP contribution in [0.5, 0.6) is 5.75 Å². The van der Waals surface area contributed by atoms with Crippen LogP contribution < -0.4 is 4.74 Å². The molecule has 0 aromatic heterocycles. The molecule has 3 heteroatoms. The molecule has 0 bridgehead atoms. The molecule has 1 fully saturated rings. The predicted molar refractivity (Wildman–Crippen MR) is 62.9 cm³/mol. The van der Waals surface area contributed by atoms with Gasteiger partial charge in [0.15, 0.2) is 0 Å². The maximum atomic E-state index is 8.97. The van der Waals surface area contributed by atoms with Gasteiger partial charge in [0.25, 0.3) is 0 Å². The summed E-state index contributed by atoms with van der Waals surface area (Å²) in [5, 5.41) is 8.97. The molecule has 1 aromatic rings. The highest BCUT2D eigenvalue weighted by atomic mass is 79.9. The lowest BCUT2D eigenvalue weighted by atomic mass is 10.2. The maximum absolute atomic E-state index is 8.97. The van der Waals surface area contributed by atoms with E-state index in [9.17, 15) is 0 Å². The van der Waals surface area contributed by atoms with Crippen molar-refractivity contribution in [2.45, 2.75) is 32.5 Å². The van der Waals surface area contributed by atoms with Gasteiger partial charge in [-0.05, 0) is 59.3 Å². The number of aliphatic hydroxyl groups excluding tert-OH is 1. The van der Waals surface area contributed by atoms with Crippen LogP contribution in [0, 0.1) is 5.92 Å². The van der Waals surface area contributed by atoms with Crippen molar-refractivity contribution >= 4 is 15.9 Å². The highest BCUT2D eigenvalue weighted by molar-refractivity contribution is 9.10. The number of rotatable bonds is 4. The molecule has 2 nitrogen and oxygen atoms in total. The van der Waals surface area contributed by atoms with Gasteiger partial charge >= 0.3 is 0 Å². The topological polar surface area (TPSA) is 29.5 Å². The van der Waals surface area contributed by atoms with Crippen LogP contribution in [0.1, 0.15) is 25.3 Å². The zero-order valence-electron chi connectivity index (χ0n) is 8.74. The third kappa shape index (κ3) is 2.73. The SMILES string of the molecule is CC(Oc1ccc(CO)cc1Br)C1CC1. The molecule has 0 heterocycles. The molecule has 15 heavy (non-hydrogen) atoms. The average molecular weight is 271 g/mol. The van der Waals surface area contributed by atoms with Gasteiger partial charge in [-0.25, -0.2) is 0 Å². The first kappa shape index (κ1) is 11.0. The minimum absolute atomic E-state index is 0.0665. The van der Waals surface area contributed by atoms with Crippen molar-refractivity contribution in [2.24, 2.45) is 5.92 Å². The van der Waals surface area contributed by atoms with Gasteiger partial charge in [0.1, 0.15) is 5.75 Å². The van der Waals surface area contributed by atoms with Gasteiger partial charge in [-0.15, -0.1) is 0 Å². The number of benzene rings is 1. The number of aliphatic hydroxyl groups is 1. The van der Waals surface area contributed by atoms with E-state index in [0.717, 1.165) is 21.7 Å². The first-order valence-electron chi connectivity index (χ1n) is 5.26. The van der Waals surface area contributed by atoms with Crippen molar-refractivity contribution in [3.8, 4) is 5.75 Å². The summed E-state index contributed by atoms with van der Waals surface area (Å²) in [6.07, 6.45) is 2.86. The fourth-order valence-corrected chi connectivity index (χ4v) is 2.12. The molecule has 1 atom stereocenters. The molecule has 1 aliphatic rings. The van der Waals surface area contributed by atoms with Crippen LogP contribution in [0.3, 0.4) is 0 Å². The lowest BCUT2D eigenvalue weighted by molar-refractivity contribution is 0.196. The molecule has 2 rings (SSSR count). The Balaban J connectivity index is 2.07. The highest BCUT2D eigenvalue weighted by Crippen LogP contribution is 2.36. The minimum Gasteiger partial charge on any atom is -0.489 e. The molecule has 1 aromatic carbocycles. The molecule has 82 valence electrons. The van der Waals surface area contributed by atoms with Gasteiger partial charge in [-0.3, -0.25) is 0 Å². The van der Waals surface area contributed by atoms with E-state index in [0.29, 0.717) is 6.10 Å². The summed E-state index contributed by atoms with van der Waals surface area (Å²) in [7, 11) is 0. The molecule has 0 amide bonds. The van der Waals surface area contributed by atoms with Crippen LogP contribution in [0.2, 0.25) is 0 Å². The van der Waals surface area contributed by atoms with Crippen LogP contribution in [-0.4, -0.2) is 11.2 Å². The average Bonchev–Trinajstić information content (AvgIpc) is 3.04. The molecule has 0 saturated heterocycles. The number of halogens is 1. The molecule has 1 unspecified atom stereocenters. The summed E-state index contributed by atoms with van der Waals surface area (Å²) in [5.41, 5.74) is 0.897. The second kappa shape index (κ2) is 4.54. The van der Waals surface area contributed by atoms with Crippen LogP contribution in [0.4, 0.5) is 0 Å². The Morgan fingerprint density at radius 2 is 2.27 bits per heavy atom. The molecule has 1 N–H and O–H groups in total. The summed E-state index contributed by atoms with van der Waals surface area (Å²) < 4.78 is 6.76. The zero-order valence-corrected chi connectivity index (χ0v) is 10.3. The number of ether oxygens (including phenoxy) is 1. The lowest BCUT2D eigenvalue weighted by Crippen LogP contribution is -2.14. The molecular weight excluding hydrogens is 256 g/mol. The van der Waals surface area contributed by atoms with E-state index < -0.39 is 0 Å². The summed E-state index contributed by atoms with van der Waals surface area (Å²) in [6, 6.07) is 5.70. The van der Waals surface area contributed by atoms with E-state index in [1.54, 1.807) is 0 Å². The monoisotopic (exact) mass is 270 g/mol. The van der Waals surface area contributed by atoms with E-state index >= 15 is 0 Å². The summed E-state index contributed by atoms with van der Waals surface area (Å²) in [6.45, 7) is 2.18. The molecule has 0 spiro atoms. The van der Waals surface area contributed by atoms with Crippen LogP contribution in [-0.2, 0) is 6.61 Å².